The van der Waals surface area contributed by atoms with Crippen LogP contribution in [0.25, 0.3) is 0 Å². The van der Waals surface area contributed by atoms with Gasteiger partial charge in [-0.05, 0) is 44.0 Å². The number of nitrogens with zero attached hydrogens (tertiary/aromatic N) is 1. The van der Waals surface area contributed by atoms with Gasteiger partial charge < -0.3 is 0 Å². The molecule has 4 nitrogen and oxygen atoms in total. The number of benzene rings is 1. The zero-order valence-corrected chi connectivity index (χ0v) is 11.4. The van der Waals surface area contributed by atoms with Crippen LogP contribution in [0.4, 0.5) is 0 Å². The monoisotopic (exact) mass is 269 g/mol. The van der Waals surface area contributed by atoms with Crippen LogP contribution < -0.4 is 0 Å². The summed E-state index contributed by atoms with van der Waals surface area (Å²) in [6.07, 6.45) is 3.75. The van der Waals surface area contributed by atoms with E-state index in [1.807, 2.05) is 0 Å². The molecule has 0 aliphatic carbocycles. The van der Waals surface area contributed by atoms with Gasteiger partial charge in [0, 0.05) is 12.6 Å². The molecule has 1 N–H and O–H groups in total. The highest BCUT2D eigenvalue weighted by atomic mass is 32.2. The predicted molar refractivity (Wildman–Crippen MR) is 70.0 cm³/mol. The third-order valence-electron chi connectivity index (χ3n) is 3.55. The summed E-state index contributed by atoms with van der Waals surface area (Å²) in [5, 5.41) is 0. The molecule has 5 heteroatoms. The molecular formula is C13H19NO3S. The first-order valence-electron chi connectivity index (χ1n) is 6.27. The fraction of sp³-hybridized carbons (Fsp3) is 0.538. The Hall–Kier alpha value is -0.910. The molecule has 1 saturated heterocycles. The second-order valence-electron chi connectivity index (χ2n) is 4.93. The van der Waals surface area contributed by atoms with E-state index in [2.05, 4.69) is 11.8 Å². The van der Waals surface area contributed by atoms with Crippen LogP contribution in [0.1, 0.15) is 31.7 Å². The van der Waals surface area contributed by atoms with Gasteiger partial charge >= 0.3 is 0 Å². The van der Waals surface area contributed by atoms with Gasteiger partial charge in [-0.25, -0.2) is 0 Å². The topological polar surface area (TPSA) is 57.6 Å². The summed E-state index contributed by atoms with van der Waals surface area (Å²) in [6, 6.07) is 7.04. The van der Waals surface area contributed by atoms with Crippen molar-refractivity contribution in [1.82, 2.24) is 4.90 Å². The Kier molecular flexibility index (Phi) is 4.04. The van der Waals surface area contributed by atoms with E-state index in [9.17, 15) is 8.42 Å². The lowest BCUT2D eigenvalue weighted by molar-refractivity contribution is 0.152. The first-order chi connectivity index (χ1) is 8.47. The smallest absolute Gasteiger partial charge is 0.294 e. The molecule has 18 heavy (non-hydrogen) atoms. The van der Waals surface area contributed by atoms with Gasteiger partial charge in [-0.2, -0.15) is 8.42 Å². The number of hydrogen-bond acceptors (Lipinski definition) is 3. The van der Waals surface area contributed by atoms with Crippen LogP contribution in [0, 0.1) is 0 Å². The highest BCUT2D eigenvalue weighted by Crippen LogP contribution is 2.19. The van der Waals surface area contributed by atoms with Gasteiger partial charge in [-0.1, -0.05) is 18.6 Å². The van der Waals surface area contributed by atoms with E-state index in [1.165, 1.54) is 31.4 Å². The predicted octanol–water partition coefficient (Wildman–Crippen LogP) is 2.31. The summed E-state index contributed by atoms with van der Waals surface area (Å²) in [7, 11) is -4.08. The van der Waals surface area contributed by atoms with E-state index in [0.29, 0.717) is 6.04 Å². The largest absolute Gasteiger partial charge is 0.296 e. The van der Waals surface area contributed by atoms with E-state index < -0.39 is 10.1 Å². The van der Waals surface area contributed by atoms with E-state index >= 15 is 0 Å². The Balaban J connectivity index is 2.06. The summed E-state index contributed by atoms with van der Waals surface area (Å²) in [6.45, 7) is 4.17. The van der Waals surface area contributed by atoms with Crippen LogP contribution in [-0.4, -0.2) is 30.5 Å². The Bertz CT molecular complexity index is 495. The fourth-order valence-corrected chi connectivity index (χ4v) is 2.87. The molecule has 1 aromatic carbocycles. The molecular weight excluding hydrogens is 250 g/mol. The number of hydrogen-bond donors (Lipinski definition) is 1. The van der Waals surface area contributed by atoms with Crippen LogP contribution in [0.2, 0.25) is 0 Å². The molecule has 0 saturated carbocycles. The van der Waals surface area contributed by atoms with E-state index in [4.69, 9.17) is 4.55 Å². The van der Waals surface area contributed by atoms with Crippen molar-refractivity contribution in [2.75, 3.05) is 6.54 Å². The zero-order chi connectivity index (χ0) is 13.2. The average molecular weight is 269 g/mol. The lowest BCUT2D eigenvalue weighted by atomic mass is 10.0. The molecule has 0 spiro atoms. The normalized spacial score (nSPS) is 22.0. The molecule has 1 aliphatic heterocycles. The summed E-state index contributed by atoms with van der Waals surface area (Å²) in [5.74, 6) is 0. The minimum atomic E-state index is -4.08. The maximum Gasteiger partial charge on any atom is 0.294 e. The van der Waals surface area contributed by atoms with E-state index in [0.717, 1.165) is 18.7 Å². The van der Waals surface area contributed by atoms with Crippen molar-refractivity contribution in [2.24, 2.45) is 0 Å². The number of rotatable bonds is 3. The van der Waals surface area contributed by atoms with Gasteiger partial charge in [-0.3, -0.25) is 9.45 Å². The molecule has 1 atom stereocenters. The van der Waals surface area contributed by atoms with Crippen molar-refractivity contribution >= 4 is 10.1 Å². The van der Waals surface area contributed by atoms with Gasteiger partial charge in [0.25, 0.3) is 10.1 Å². The summed E-state index contributed by atoms with van der Waals surface area (Å²) in [5.41, 5.74) is 1.08. The highest BCUT2D eigenvalue weighted by Gasteiger charge is 2.18. The molecule has 0 radical (unpaired) electrons. The molecule has 1 aliphatic rings. The minimum Gasteiger partial charge on any atom is -0.296 e. The summed E-state index contributed by atoms with van der Waals surface area (Å²) < 4.78 is 30.8. The maximum absolute atomic E-state index is 10.9. The fourth-order valence-electron chi connectivity index (χ4n) is 2.39. The SMILES string of the molecule is CC1CCCCN1Cc1ccc(S(=O)(=O)O)cc1. The highest BCUT2D eigenvalue weighted by molar-refractivity contribution is 7.85. The lowest BCUT2D eigenvalue weighted by Crippen LogP contribution is -2.36. The quantitative estimate of drug-likeness (QED) is 0.855. The maximum atomic E-state index is 10.9. The molecule has 0 amide bonds. The third kappa shape index (κ3) is 3.31. The van der Waals surface area contributed by atoms with Crippen molar-refractivity contribution in [3.63, 3.8) is 0 Å². The van der Waals surface area contributed by atoms with Gasteiger partial charge in [0.05, 0.1) is 4.90 Å². The first-order valence-corrected chi connectivity index (χ1v) is 7.71. The van der Waals surface area contributed by atoms with Gasteiger partial charge in [0.1, 0.15) is 0 Å². The molecule has 1 unspecified atom stereocenters. The number of likely N-dealkylation sites (tertiary alicyclic amines) is 1. The van der Waals surface area contributed by atoms with Crippen molar-refractivity contribution in [3.8, 4) is 0 Å². The van der Waals surface area contributed by atoms with Crippen LogP contribution in [-0.2, 0) is 16.7 Å². The lowest BCUT2D eigenvalue weighted by Gasteiger charge is -2.33. The Labute approximate surface area is 108 Å². The Morgan fingerprint density at radius 1 is 1.28 bits per heavy atom. The summed E-state index contributed by atoms with van der Waals surface area (Å²) >= 11 is 0. The van der Waals surface area contributed by atoms with Crippen molar-refractivity contribution < 1.29 is 13.0 Å². The van der Waals surface area contributed by atoms with Gasteiger partial charge in [0.2, 0.25) is 0 Å². The molecule has 1 aromatic rings. The Morgan fingerprint density at radius 2 is 1.94 bits per heavy atom. The molecule has 100 valence electrons. The average Bonchev–Trinajstić information content (AvgIpc) is 2.32. The van der Waals surface area contributed by atoms with Crippen molar-refractivity contribution in [3.05, 3.63) is 29.8 Å². The van der Waals surface area contributed by atoms with Crippen LogP contribution in [0.3, 0.4) is 0 Å². The van der Waals surface area contributed by atoms with Crippen molar-refractivity contribution in [1.29, 1.82) is 0 Å². The third-order valence-corrected chi connectivity index (χ3v) is 4.42. The van der Waals surface area contributed by atoms with Crippen molar-refractivity contribution in [2.45, 2.75) is 43.7 Å². The van der Waals surface area contributed by atoms with Crippen LogP contribution >= 0.6 is 0 Å². The summed E-state index contributed by atoms with van der Waals surface area (Å²) in [4.78, 5) is 2.37. The minimum absolute atomic E-state index is 0.0436. The standard InChI is InChI=1S/C13H19NO3S/c1-11-4-2-3-9-14(11)10-12-5-7-13(8-6-12)18(15,16)17/h5-8,11H,2-4,9-10H2,1H3,(H,15,16,17). The van der Waals surface area contributed by atoms with Crippen LogP contribution in [0.5, 0.6) is 0 Å². The number of piperidine rings is 1. The molecule has 0 aromatic heterocycles. The van der Waals surface area contributed by atoms with Crippen LogP contribution in [0.15, 0.2) is 29.2 Å². The molecule has 2 rings (SSSR count). The van der Waals surface area contributed by atoms with Gasteiger partial charge in [0.15, 0.2) is 0 Å². The van der Waals surface area contributed by atoms with Gasteiger partial charge in [-0.15, -0.1) is 0 Å². The molecule has 1 fully saturated rings. The first kappa shape index (κ1) is 13.5. The molecule has 1 heterocycles. The van der Waals surface area contributed by atoms with E-state index in [1.54, 1.807) is 12.1 Å². The zero-order valence-electron chi connectivity index (χ0n) is 10.5. The second kappa shape index (κ2) is 5.38. The second-order valence-corrected chi connectivity index (χ2v) is 6.36. The molecule has 0 bridgehead atoms. The van der Waals surface area contributed by atoms with E-state index in [-0.39, 0.29) is 4.90 Å². The Morgan fingerprint density at radius 3 is 2.50 bits per heavy atom.